The molecule has 1 aliphatic heterocycles. The number of hydrazine groups is 1. The van der Waals surface area contributed by atoms with Crippen molar-refractivity contribution in [3.05, 3.63) is 58.7 Å². The molecule has 2 amide bonds. The van der Waals surface area contributed by atoms with Gasteiger partial charge in [-0.2, -0.15) is 0 Å². The van der Waals surface area contributed by atoms with Crippen molar-refractivity contribution >= 4 is 24.4 Å². The van der Waals surface area contributed by atoms with Crippen LogP contribution >= 0.6 is 0 Å². The van der Waals surface area contributed by atoms with Crippen LogP contribution in [0.15, 0.2) is 36.4 Å². The van der Waals surface area contributed by atoms with Gasteiger partial charge in [0.25, 0.3) is 11.8 Å². The lowest BCUT2D eigenvalue weighted by atomic mass is 9.77. The fraction of sp³-hybridized carbons (Fsp3) is 0.533. The first-order chi connectivity index (χ1) is 17.5. The molecule has 1 unspecified atom stereocenters. The van der Waals surface area contributed by atoms with E-state index in [1.54, 1.807) is 25.3 Å². The molecule has 0 aromatic heterocycles. The largest absolute Gasteiger partial charge is 0.496 e. The van der Waals surface area contributed by atoms with Crippen molar-refractivity contribution in [2.45, 2.75) is 92.9 Å². The van der Waals surface area contributed by atoms with Gasteiger partial charge in [-0.15, -0.1) is 0 Å². The molecule has 1 atom stereocenters. The fourth-order valence-electron chi connectivity index (χ4n) is 4.88. The van der Waals surface area contributed by atoms with E-state index in [2.05, 4.69) is 26.2 Å². The Bertz CT molecular complexity index is 1190. The maximum Gasteiger partial charge on any atom is 0.494 e. The van der Waals surface area contributed by atoms with Crippen LogP contribution in [0.5, 0.6) is 5.75 Å². The third-order valence-electron chi connectivity index (χ3n) is 7.76. The summed E-state index contributed by atoms with van der Waals surface area (Å²) in [7, 11) is 0.983. The molecule has 1 aliphatic rings. The average molecular weight is 522 g/mol. The predicted octanol–water partition coefficient (Wildman–Crippen LogP) is 5.22. The first-order valence-electron chi connectivity index (χ1n) is 13.3. The minimum atomic E-state index is -0.596. The molecule has 0 aliphatic carbocycles. The van der Waals surface area contributed by atoms with Crippen molar-refractivity contribution in [3.63, 3.8) is 0 Å². The van der Waals surface area contributed by atoms with Gasteiger partial charge in [0.2, 0.25) is 0 Å². The van der Waals surface area contributed by atoms with Gasteiger partial charge < -0.3 is 14.0 Å². The minimum Gasteiger partial charge on any atom is -0.496 e. The van der Waals surface area contributed by atoms with Gasteiger partial charge in [0.05, 0.1) is 24.4 Å². The summed E-state index contributed by atoms with van der Waals surface area (Å²) in [4.78, 5) is 27.7. The summed E-state index contributed by atoms with van der Waals surface area (Å²) in [6, 6.07) is 10.7. The van der Waals surface area contributed by atoms with Crippen LogP contribution in [0.25, 0.3) is 0 Å². The minimum absolute atomic E-state index is 0.253. The van der Waals surface area contributed by atoms with Crippen LogP contribution < -0.4 is 15.6 Å². The summed E-state index contributed by atoms with van der Waals surface area (Å²) in [6.45, 7) is 20.0. The van der Waals surface area contributed by atoms with Crippen molar-refractivity contribution in [1.29, 1.82) is 0 Å². The third kappa shape index (κ3) is 5.91. The highest BCUT2D eigenvalue weighted by Crippen LogP contribution is 2.36. The smallest absolute Gasteiger partial charge is 0.494 e. The van der Waals surface area contributed by atoms with E-state index in [1.165, 1.54) is 5.01 Å². The number of methoxy groups -OCH3 is 1. The highest BCUT2D eigenvalue weighted by molar-refractivity contribution is 6.62. The van der Waals surface area contributed by atoms with E-state index in [0.29, 0.717) is 23.3 Å². The summed E-state index contributed by atoms with van der Waals surface area (Å²) in [6.07, 6.45) is 0.658. The van der Waals surface area contributed by atoms with E-state index < -0.39 is 18.3 Å². The number of carbonyl (C=O) groups is 2. The topological polar surface area (TPSA) is 77.1 Å². The summed E-state index contributed by atoms with van der Waals surface area (Å²) in [5.41, 5.74) is 4.96. The second-order valence-electron chi connectivity index (χ2n) is 12.3. The lowest BCUT2D eigenvalue weighted by Crippen LogP contribution is -2.56. The van der Waals surface area contributed by atoms with Crippen LogP contribution in [0.1, 0.15) is 93.7 Å². The zero-order valence-electron chi connectivity index (χ0n) is 24.8. The van der Waals surface area contributed by atoms with Crippen LogP contribution in [0, 0.1) is 19.3 Å². The molecular formula is C30H43BN2O5. The van der Waals surface area contributed by atoms with Crippen molar-refractivity contribution < 1.29 is 23.6 Å². The average Bonchev–Trinajstić information content (AvgIpc) is 3.04. The number of benzene rings is 2. The van der Waals surface area contributed by atoms with Gasteiger partial charge in [0.15, 0.2) is 0 Å². The van der Waals surface area contributed by atoms with Crippen LogP contribution in [0.4, 0.5) is 0 Å². The molecule has 38 heavy (non-hydrogen) atoms. The molecule has 206 valence electrons. The Labute approximate surface area is 228 Å². The number of hydrogen-bond donors (Lipinski definition) is 1. The van der Waals surface area contributed by atoms with Crippen molar-refractivity contribution in [2.24, 2.45) is 5.41 Å². The molecule has 8 heteroatoms. The van der Waals surface area contributed by atoms with E-state index in [9.17, 15) is 9.59 Å². The molecule has 1 saturated heterocycles. The third-order valence-corrected chi connectivity index (χ3v) is 7.76. The molecule has 7 nitrogen and oxygen atoms in total. The monoisotopic (exact) mass is 522 g/mol. The second kappa shape index (κ2) is 10.7. The van der Waals surface area contributed by atoms with Crippen molar-refractivity contribution in [2.75, 3.05) is 7.11 Å². The van der Waals surface area contributed by atoms with Crippen LogP contribution in [-0.2, 0) is 9.31 Å². The SMILES string of the molecule is CCC(N(NC(=O)c1cc(C)cc(B2OC(C)(C)C(C)(C)O2)c1)C(=O)c1cccc(OC)c1C)C(C)(C)C. The molecule has 1 N–H and O–H groups in total. The molecule has 0 saturated carbocycles. The number of carbonyl (C=O) groups excluding carboxylic acids is 2. The normalized spacial score (nSPS) is 17.2. The fourth-order valence-corrected chi connectivity index (χ4v) is 4.88. The Hall–Kier alpha value is -2.84. The Kier molecular flexibility index (Phi) is 8.40. The molecule has 3 rings (SSSR count). The van der Waals surface area contributed by atoms with Crippen LogP contribution in [0.3, 0.4) is 0 Å². The van der Waals surface area contributed by atoms with E-state index in [-0.39, 0.29) is 23.3 Å². The predicted molar refractivity (Wildman–Crippen MR) is 152 cm³/mol. The highest BCUT2D eigenvalue weighted by Gasteiger charge is 2.51. The molecule has 0 radical (unpaired) electrons. The van der Waals surface area contributed by atoms with E-state index >= 15 is 0 Å². The summed E-state index contributed by atoms with van der Waals surface area (Å²) in [5, 5.41) is 1.49. The first-order valence-corrected chi connectivity index (χ1v) is 13.3. The number of aryl methyl sites for hydroxylation is 1. The Morgan fingerprint density at radius 3 is 2.18 bits per heavy atom. The molecular weight excluding hydrogens is 479 g/mol. The van der Waals surface area contributed by atoms with Crippen molar-refractivity contribution in [1.82, 2.24) is 10.4 Å². The Morgan fingerprint density at radius 1 is 1.05 bits per heavy atom. The zero-order valence-corrected chi connectivity index (χ0v) is 24.8. The zero-order chi connectivity index (χ0) is 28.6. The molecule has 2 aromatic rings. The highest BCUT2D eigenvalue weighted by atomic mass is 16.7. The Balaban J connectivity index is 1.99. The molecule has 2 aromatic carbocycles. The van der Waals surface area contributed by atoms with Gasteiger partial charge in [-0.3, -0.25) is 15.0 Å². The quantitative estimate of drug-likeness (QED) is 0.416. The molecule has 1 fully saturated rings. The van der Waals surface area contributed by atoms with Crippen LogP contribution in [0.2, 0.25) is 0 Å². The number of hydrogen-bond acceptors (Lipinski definition) is 5. The lowest BCUT2D eigenvalue weighted by molar-refractivity contribution is 0.00578. The van der Waals surface area contributed by atoms with Gasteiger partial charge in [-0.1, -0.05) is 45.4 Å². The standard InChI is InChI=1S/C30H43BN2O5/c1-12-25(28(4,5)6)33(27(35)23-14-13-15-24(36-11)20(23)3)32-26(34)21-16-19(2)17-22(18-21)31-37-29(7,8)30(9,10)38-31/h13-18,25H,12H2,1-11H3,(H,32,34). The number of nitrogens with zero attached hydrogens (tertiary/aromatic N) is 1. The lowest BCUT2D eigenvalue weighted by Gasteiger charge is -2.39. The van der Waals surface area contributed by atoms with E-state index in [1.807, 2.05) is 66.7 Å². The maximum absolute atomic E-state index is 13.9. The second-order valence-corrected chi connectivity index (χ2v) is 12.3. The number of nitrogens with one attached hydrogen (secondary N) is 1. The van der Waals surface area contributed by atoms with Gasteiger partial charge >= 0.3 is 7.12 Å². The van der Waals surface area contributed by atoms with Gasteiger partial charge in [0.1, 0.15) is 5.75 Å². The summed E-state index contributed by atoms with van der Waals surface area (Å²) < 4.78 is 17.9. The Morgan fingerprint density at radius 2 is 1.66 bits per heavy atom. The number of amides is 2. The van der Waals surface area contributed by atoms with Gasteiger partial charge in [0, 0.05) is 16.7 Å². The maximum atomic E-state index is 13.9. The molecule has 0 spiro atoms. The van der Waals surface area contributed by atoms with E-state index in [4.69, 9.17) is 14.0 Å². The molecule has 1 heterocycles. The first kappa shape index (κ1) is 29.7. The number of rotatable bonds is 6. The summed E-state index contributed by atoms with van der Waals surface area (Å²) in [5.74, 6) is -0.0323. The van der Waals surface area contributed by atoms with E-state index in [0.717, 1.165) is 16.6 Å². The van der Waals surface area contributed by atoms with Gasteiger partial charge in [-0.05, 0) is 83.1 Å². The van der Waals surface area contributed by atoms with Crippen molar-refractivity contribution in [3.8, 4) is 5.75 Å². The number of ether oxygens (including phenoxy) is 1. The van der Waals surface area contributed by atoms with Gasteiger partial charge in [-0.25, -0.2) is 5.01 Å². The molecule has 0 bridgehead atoms. The van der Waals surface area contributed by atoms with Crippen LogP contribution in [-0.4, -0.2) is 48.3 Å². The summed E-state index contributed by atoms with van der Waals surface area (Å²) >= 11 is 0.